The summed E-state index contributed by atoms with van der Waals surface area (Å²) in [6.45, 7) is 4.29. The molecule has 0 saturated heterocycles. The van der Waals surface area contributed by atoms with Gasteiger partial charge >= 0.3 is 0 Å². The Balaban J connectivity index is 1.81. The molecule has 3 N–H and O–H groups in total. The maximum Gasteiger partial charge on any atom is 0.254 e. The van der Waals surface area contributed by atoms with Crippen LogP contribution >= 0.6 is 0 Å². The van der Waals surface area contributed by atoms with E-state index in [-0.39, 0.29) is 5.56 Å². The van der Waals surface area contributed by atoms with Crippen molar-refractivity contribution in [2.45, 2.75) is 32.2 Å². The van der Waals surface area contributed by atoms with Gasteiger partial charge in [0.05, 0.1) is 11.1 Å². The normalized spacial score (nSPS) is 16.5. The van der Waals surface area contributed by atoms with Gasteiger partial charge in [0, 0.05) is 6.54 Å². The summed E-state index contributed by atoms with van der Waals surface area (Å²) in [5.74, 6) is -0.523. The van der Waals surface area contributed by atoms with Crippen molar-refractivity contribution in [2.24, 2.45) is 11.7 Å². The van der Waals surface area contributed by atoms with Crippen molar-refractivity contribution in [3.8, 4) is 11.1 Å². The predicted molar refractivity (Wildman–Crippen MR) is 94.2 cm³/mol. The summed E-state index contributed by atoms with van der Waals surface area (Å²) in [7, 11) is 0. The first-order valence-electron chi connectivity index (χ1n) is 8.32. The first kappa shape index (κ1) is 16.7. The van der Waals surface area contributed by atoms with Gasteiger partial charge in [0.15, 0.2) is 0 Å². The van der Waals surface area contributed by atoms with Crippen molar-refractivity contribution in [3.05, 3.63) is 59.4 Å². The largest absolute Gasteiger partial charge is 0.345 e. The van der Waals surface area contributed by atoms with Gasteiger partial charge in [-0.05, 0) is 55.9 Å². The summed E-state index contributed by atoms with van der Waals surface area (Å²) in [4.78, 5) is 12.5. The van der Waals surface area contributed by atoms with Crippen LogP contribution in [0.4, 0.5) is 4.39 Å². The zero-order valence-corrected chi connectivity index (χ0v) is 14.1. The lowest BCUT2D eigenvalue weighted by Crippen LogP contribution is -2.53. The molecule has 3 nitrogen and oxygen atoms in total. The predicted octanol–water partition coefficient (Wildman–Crippen LogP) is 3.66. The van der Waals surface area contributed by atoms with E-state index in [9.17, 15) is 9.18 Å². The second-order valence-corrected chi connectivity index (χ2v) is 6.91. The number of nitrogens with one attached hydrogen (secondary N) is 1. The van der Waals surface area contributed by atoms with Crippen LogP contribution < -0.4 is 11.1 Å². The van der Waals surface area contributed by atoms with Crippen molar-refractivity contribution >= 4 is 5.91 Å². The number of benzene rings is 2. The van der Waals surface area contributed by atoms with Crippen LogP contribution in [-0.2, 0) is 0 Å². The lowest BCUT2D eigenvalue weighted by molar-refractivity contribution is 0.0893. The number of amides is 1. The average molecular weight is 326 g/mol. The minimum Gasteiger partial charge on any atom is -0.345 e. The van der Waals surface area contributed by atoms with Crippen molar-refractivity contribution in [1.29, 1.82) is 0 Å². The van der Waals surface area contributed by atoms with Gasteiger partial charge in [-0.2, -0.15) is 0 Å². The van der Waals surface area contributed by atoms with Crippen molar-refractivity contribution in [3.63, 3.8) is 0 Å². The molecule has 0 aromatic heterocycles. The maximum atomic E-state index is 14.5. The summed E-state index contributed by atoms with van der Waals surface area (Å²) in [6.07, 6.45) is 2.12. The Morgan fingerprint density at radius 2 is 1.83 bits per heavy atom. The van der Waals surface area contributed by atoms with Gasteiger partial charge in [-0.1, -0.05) is 35.9 Å². The van der Waals surface area contributed by atoms with E-state index in [0.29, 0.717) is 12.5 Å². The van der Waals surface area contributed by atoms with Gasteiger partial charge < -0.3 is 11.1 Å². The van der Waals surface area contributed by atoms with Crippen LogP contribution in [0, 0.1) is 18.7 Å². The molecule has 0 heterocycles. The third-order valence-electron chi connectivity index (χ3n) is 4.90. The molecule has 1 aliphatic carbocycles. The second-order valence-electron chi connectivity index (χ2n) is 6.91. The Kier molecular flexibility index (Phi) is 4.41. The van der Waals surface area contributed by atoms with E-state index in [1.54, 1.807) is 12.1 Å². The van der Waals surface area contributed by atoms with E-state index < -0.39 is 17.3 Å². The SMILES string of the molecule is Cc1ccc(-c2ccc(C(=O)NC(C)(CN)C3CC3)c(F)c2)cc1. The number of carbonyl (C=O) groups is 1. The fourth-order valence-electron chi connectivity index (χ4n) is 2.99. The Morgan fingerprint density at radius 1 is 1.21 bits per heavy atom. The number of nitrogens with two attached hydrogens (primary N) is 1. The third kappa shape index (κ3) is 3.34. The van der Waals surface area contributed by atoms with Crippen molar-refractivity contribution in [2.75, 3.05) is 6.54 Å². The summed E-state index contributed by atoms with van der Waals surface area (Å²) in [5, 5.41) is 2.92. The number of carbonyl (C=O) groups excluding carboxylic acids is 1. The molecule has 126 valence electrons. The van der Waals surface area contributed by atoms with Gasteiger partial charge in [-0.25, -0.2) is 4.39 Å². The highest BCUT2D eigenvalue weighted by atomic mass is 19.1. The van der Waals surface area contributed by atoms with E-state index in [4.69, 9.17) is 5.73 Å². The van der Waals surface area contributed by atoms with Crippen molar-refractivity contribution in [1.82, 2.24) is 5.32 Å². The summed E-state index contributed by atoms with van der Waals surface area (Å²) < 4.78 is 14.5. The van der Waals surface area contributed by atoms with Crippen LogP contribution in [0.3, 0.4) is 0 Å². The zero-order valence-electron chi connectivity index (χ0n) is 14.1. The van der Waals surface area contributed by atoms with Crippen LogP contribution in [-0.4, -0.2) is 18.0 Å². The number of rotatable bonds is 5. The van der Waals surface area contributed by atoms with E-state index in [1.807, 2.05) is 38.1 Å². The molecule has 0 radical (unpaired) electrons. The molecule has 1 fully saturated rings. The summed E-state index contributed by atoms with van der Waals surface area (Å²) in [5.41, 5.74) is 8.25. The van der Waals surface area contributed by atoms with Crippen LogP contribution in [0.2, 0.25) is 0 Å². The molecule has 4 heteroatoms. The molecular formula is C20H23FN2O. The smallest absolute Gasteiger partial charge is 0.254 e. The topological polar surface area (TPSA) is 55.1 Å². The zero-order chi connectivity index (χ0) is 17.3. The molecule has 0 aliphatic heterocycles. The Morgan fingerprint density at radius 3 is 2.38 bits per heavy atom. The molecule has 2 aromatic carbocycles. The Labute approximate surface area is 142 Å². The second kappa shape index (κ2) is 6.36. The van der Waals surface area contributed by atoms with Crippen LogP contribution in [0.25, 0.3) is 11.1 Å². The van der Waals surface area contributed by atoms with Gasteiger partial charge in [-0.15, -0.1) is 0 Å². The Bertz CT molecular complexity index is 753. The molecule has 3 rings (SSSR count). The molecular weight excluding hydrogens is 303 g/mol. The maximum absolute atomic E-state index is 14.5. The van der Waals surface area contributed by atoms with E-state index in [1.165, 1.54) is 6.07 Å². The number of halogens is 1. The minimum absolute atomic E-state index is 0.0613. The van der Waals surface area contributed by atoms with Crippen LogP contribution in [0.1, 0.15) is 35.7 Å². The Hall–Kier alpha value is -2.20. The molecule has 1 aliphatic rings. The van der Waals surface area contributed by atoms with Gasteiger partial charge in [0.1, 0.15) is 5.82 Å². The van der Waals surface area contributed by atoms with E-state index in [0.717, 1.165) is 29.5 Å². The molecule has 24 heavy (non-hydrogen) atoms. The fraction of sp³-hybridized carbons (Fsp3) is 0.350. The highest BCUT2D eigenvalue weighted by molar-refractivity contribution is 5.95. The van der Waals surface area contributed by atoms with Gasteiger partial charge in [-0.3, -0.25) is 4.79 Å². The molecule has 1 atom stereocenters. The monoisotopic (exact) mass is 326 g/mol. The highest BCUT2D eigenvalue weighted by Gasteiger charge is 2.41. The summed E-state index contributed by atoms with van der Waals surface area (Å²) >= 11 is 0. The average Bonchev–Trinajstić information content (AvgIpc) is 3.40. The lowest BCUT2D eigenvalue weighted by atomic mass is 9.95. The van der Waals surface area contributed by atoms with E-state index >= 15 is 0 Å². The van der Waals surface area contributed by atoms with Crippen molar-refractivity contribution < 1.29 is 9.18 Å². The quantitative estimate of drug-likeness (QED) is 0.881. The number of hydrogen-bond donors (Lipinski definition) is 2. The van der Waals surface area contributed by atoms with Gasteiger partial charge in [0.25, 0.3) is 5.91 Å². The first-order chi connectivity index (χ1) is 11.4. The number of hydrogen-bond acceptors (Lipinski definition) is 2. The number of aryl methyl sites for hydroxylation is 1. The lowest BCUT2D eigenvalue weighted by Gasteiger charge is -2.29. The molecule has 2 aromatic rings. The van der Waals surface area contributed by atoms with Crippen LogP contribution in [0.5, 0.6) is 0 Å². The molecule has 1 amide bonds. The van der Waals surface area contributed by atoms with Crippen LogP contribution in [0.15, 0.2) is 42.5 Å². The standard InChI is InChI=1S/C20H23FN2O/c1-13-3-5-14(6-4-13)15-7-10-17(18(21)11-15)19(24)23-20(2,12-22)16-8-9-16/h3-7,10-11,16H,8-9,12,22H2,1-2H3,(H,23,24). The minimum atomic E-state index is -0.513. The molecule has 1 unspecified atom stereocenters. The highest BCUT2D eigenvalue weighted by Crippen LogP contribution is 2.39. The third-order valence-corrected chi connectivity index (χ3v) is 4.90. The first-order valence-corrected chi connectivity index (χ1v) is 8.32. The molecule has 0 spiro atoms. The summed E-state index contributed by atoms with van der Waals surface area (Å²) in [6, 6.07) is 12.6. The van der Waals surface area contributed by atoms with E-state index in [2.05, 4.69) is 5.32 Å². The molecule has 0 bridgehead atoms. The van der Waals surface area contributed by atoms with Gasteiger partial charge in [0.2, 0.25) is 0 Å². The fourth-order valence-corrected chi connectivity index (χ4v) is 2.99. The molecule has 1 saturated carbocycles.